The lowest BCUT2D eigenvalue weighted by molar-refractivity contribution is -0.137. The number of carbonyl (C=O) groups is 2. The average Bonchev–Trinajstić information content (AvgIpc) is 3.20. The van der Waals surface area contributed by atoms with E-state index in [1.807, 2.05) is 75.2 Å². The van der Waals surface area contributed by atoms with Crippen LogP contribution in [0.5, 0.6) is 0 Å². The van der Waals surface area contributed by atoms with E-state index in [1.54, 1.807) is 11.6 Å². The first kappa shape index (κ1) is 25.1. The van der Waals surface area contributed by atoms with Gasteiger partial charge in [0.25, 0.3) is 0 Å². The van der Waals surface area contributed by atoms with Crippen molar-refractivity contribution < 1.29 is 14.7 Å². The number of aliphatic carboxylic acids is 1. The first-order chi connectivity index (χ1) is 17.1. The minimum atomic E-state index is -0.870. The Hall–Kier alpha value is -4.00. The topological polar surface area (TPSA) is 88.3 Å². The number of hydrogen-bond donors (Lipinski definition) is 1. The third-order valence-electron chi connectivity index (χ3n) is 6.87. The molecule has 1 unspecified atom stereocenters. The molecule has 0 saturated heterocycles. The van der Waals surface area contributed by atoms with Crippen molar-refractivity contribution in [2.45, 2.75) is 53.1 Å². The molecule has 36 heavy (non-hydrogen) atoms. The molecule has 0 radical (unpaired) electrons. The third-order valence-corrected chi connectivity index (χ3v) is 6.87. The lowest BCUT2D eigenvalue weighted by Gasteiger charge is -2.24. The van der Waals surface area contributed by atoms with Gasteiger partial charge in [-0.2, -0.15) is 0 Å². The zero-order chi connectivity index (χ0) is 26.0. The van der Waals surface area contributed by atoms with Crippen molar-refractivity contribution >= 4 is 22.9 Å². The van der Waals surface area contributed by atoms with Crippen LogP contribution in [-0.4, -0.2) is 36.9 Å². The second-order valence-corrected chi connectivity index (χ2v) is 9.56. The number of rotatable bonds is 8. The van der Waals surface area contributed by atoms with Gasteiger partial charge in [0.15, 0.2) is 0 Å². The number of amides is 1. The molecule has 0 aliphatic heterocycles. The maximum Gasteiger partial charge on any atom is 0.304 e. The molecule has 4 rings (SSSR count). The normalized spacial score (nSPS) is 12.0. The molecule has 7 heteroatoms. The SMILES string of the molecule is CC(=O)N(Cc1cccc(C)c1)Cc1cc(C(CC(=O)O)c2ccc3c(nnn3C)c2C)ccc1C. The number of carbonyl (C=O) groups excluding carboxylic acids is 1. The number of carboxylic acid groups (broad SMARTS) is 1. The van der Waals surface area contributed by atoms with E-state index in [4.69, 9.17) is 0 Å². The number of carboxylic acids is 1. The molecular weight excluding hydrogens is 452 g/mol. The van der Waals surface area contributed by atoms with E-state index < -0.39 is 5.97 Å². The molecule has 0 aliphatic carbocycles. The Kier molecular flexibility index (Phi) is 7.20. The minimum absolute atomic E-state index is 0.00709. The Balaban J connectivity index is 1.71. The second kappa shape index (κ2) is 10.3. The lowest BCUT2D eigenvalue weighted by atomic mass is 9.84. The first-order valence-corrected chi connectivity index (χ1v) is 12.0. The van der Waals surface area contributed by atoms with Crippen LogP contribution in [0.1, 0.15) is 58.2 Å². The summed E-state index contributed by atoms with van der Waals surface area (Å²) in [6.45, 7) is 8.58. The van der Waals surface area contributed by atoms with Crippen molar-refractivity contribution in [3.63, 3.8) is 0 Å². The van der Waals surface area contributed by atoms with Crippen LogP contribution in [0.4, 0.5) is 0 Å². The maximum atomic E-state index is 12.5. The molecule has 0 bridgehead atoms. The van der Waals surface area contributed by atoms with Crippen LogP contribution >= 0.6 is 0 Å². The van der Waals surface area contributed by atoms with Crippen LogP contribution in [0.25, 0.3) is 11.0 Å². The molecule has 7 nitrogen and oxygen atoms in total. The Morgan fingerprint density at radius 2 is 1.81 bits per heavy atom. The van der Waals surface area contributed by atoms with Gasteiger partial charge in [0.05, 0.1) is 11.9 Å². The highest BCUT2D eigenvalue weighted by molar-refractivity contribution is 5.80. The van der Waals surface area contributed by atoms with Crippen molar-refractivity contribution in [2.24, 2.45) is 7.05 Å². The summed E-state index contributed by atoms with van der Waals surface area (Å²) < 4.78 is 1.72. The zero-order valence-electron chi connectivity index (χ0n) is 21.4. The van der Waals surface area contributed by atoms with Crippen molar-refractivity contribution in [2.75, 3.05) is 0 Å². The Morgan fingerprint density at radius 1 is 1.03 bits per heavy atom. The van der Waals surface area contributed by atoms with Gasteiger partial charge in [-0.05, 0) is 60.2 Å². The molecule has 1 heterocycles. The number of aromatic nitrogens is 3. The Bertz CT molecular complexity index is 1440. The number of hydrogen-bond acceptors (Lipinski definition) is 4. The standard InChI is InChI=1S/C29H32N4O3/c1-18-7-6-8-22(13-18)16-33(21(4)34)17-24-14-23(10-9-19(24)2)26(15-28(35)36)25-11-12-27-29(20(25)3)30-31-32(27)5/h6-14,26H,15-17H2,1-5H3,(H,35,36). The van der Waals surface area contributed by atoms with Gasteiger partial charge in [-0.1, -0.05) is 59.3 Å². The summed E-state index contributed by atoms with van der Waals surface area (Å²) in [5.74, 6) is -1.23. The van der Waals surface area contributed by atoms with E-state index in [0.29, 0.717) is 13.1 Å². The molecule has 0 aliphatic rings. The monoisotopic (exact) mass is 484 g/mol. The molecule has 0 fully saturated rings. The molecule has 186 valence electrons. The van der Waals surface area contributed by atoms with Crippen LogP contribution in [0, 0.1) is 20.8 Å². The fourth-order valence-electron chi connectivity index (χ4n) is 4.80. The zero-order valence-corrected chi connectivity index (χ0v) is 21.4. The lowest BCUT2D eigenvalue weighted by Crippen LogP contribution is -2.28. The highest BCUT2D eigenvalue weighted by Gasteiger charge is 2.23. The average molecular weight is 485 g/mol. The summed E-state index contributed by atoms with van der Waals surface area (Å²) in [7, 11) is 1.84. The van der Waals surface area contributed by atoms with E-state index >= 15 is 0 Å². The van der Waals surface area contributed by atoms with Crippen molar-refractivity contribution in [1.29, 1.82) is 0 Å². The van der Waals surface area contributed by atoms with Gasteiger partial charge in [0.1, 0.15) is 5.52 Å². The largest absolute Gasteiger partial charge is 0.481 e. The van der Waals surface area contributed by atoms with Gasteiger partial charge < -0.3 is 10.0 Å². The smallest absolute Gasteiger partial charge is 0.304 e. The molecule has 0 saturated carbocycles. The highest BCUT2D eigenvalue weighted by atomic mass is 16.4. The van der Waals surface area contributed by atoms with Gasteiger partial charge in [0.2, 0.25) is 5.91 Å². The molecule has 3 aromatic carbocycles. The number of fused-ring (bicyclic) bond motifs is 1. The maximum absolute atomic E-state index is 12.5. The Morgan fingerprint density at radius 3 is 2.50 bits per heavy atom. The van der Waals surface area contributed by atoms with E-state index in [9.17, 15) is 14.7 Å². The number of aryl methyl sites for hydroxylation is 4. The van der Waals surface area contributed by atoms with E-state index in [2.05, 4.69) is 22.4 Å². The molecule has 1 aromatic heterocycles. The predicted molar refractivity (Wildman–Crippen MR) is 140 cm³/mol. The number of benzene rings is 3. The quantitative estimate of drug-likeness (QED) is 0.378. The second-order valence-electron chi connectivity index (χ2n) is 9.56. The van der Waals surface area contributed by atoms with Gasteiger partial charge in [-0.15, -0.1) is 5.10 Å². The van der Waals surface area contributed by atoms with E-state index in [0.717, 1.165) is 50.0 Å². The summed E-state index contributed by atoms with van der Waals surface area (Å²) in [5, 5.41) is 18.2. The van der Waals surface area contributed by atoms with Gasteiger partial charge in [-0.3, -0.25) is 9.59 Å². The highest BCUT2D eigenvalue weighted by Crippen LogP contribution is 2.34. The summed E-state index contributed by atoms with van der Waals surface area (Å²) >= 11 is 0. The predicted octanol–water partition coefficient (Wildman–Crippen LogP) is 5.05. The van der Waals surface area contributed by atoms with Crippen LogP contribution in [0.15, 0.2) is 54.6 Å². The molecule has 1 atom stereocenters. The van der Waals surface area contributed by atoms with Gasteiger partial charge in [-0.25, -0.2) is 4.68 Å². The fourth-order valence-corrected chi connectivity index (χ4v) is 4.80. The van der Waals surface area contributed by atoms with Crippen LogP contribution in [0.2, 0.25) is 0 Å². The van der Waals surface area contributed by atoms with Crippen molar-refractivity contribution in [1.82, 2.24) is 19.9 Å². The fraction of sp³-hybridized carbons (Fsp3) is 0.310. The molecule has 4 aromatic rings. The summed E-state index contributed by atoms with van der Waals surface area (Å²) in [6.07, 6.45) is -0.0468. The first-order valence-electron chi connectivity index (χ1n) is 12.0. The van der Waals surface area contributed by atoms with Crippen LogP contribution in [0.3, 0.4) is 0 Å². The van der Waals surface area contributed by atoms with Crippen LogP contribution < -0.4 is 0 Å². The van der Waals surface area contributed by atoms with E-state index in [-0.39, 0.29) is 18.2 Å². The third kappa shape index (κ3) is 5.30. The van der Waals surface area contributed by atoms with Crippen molar-refractivity contribution in [3.05, 3.63) is 93.5 Å². The Labute approximate surface area is 211 Å². The van der Waals surface area contributed by atoms with Gasteiger partial charge >= 0.3 is 5.97 Å². The summed E-state index contributed by atoms with van der Waals surface area (Å²) in [4.78, 5) is 26.3. The number of nitrogens with zero attached hydrogens (tertiary/aromatic N) is 4. The van der Waals surface area contributed by atoms with E-state index in [1.165, 1.54) is 0 Å². The molecule has 1 N–H and O–H groups in total. The molecular formula is C29H32N4O3. The van der Waals surface area contributed by atoms with Crippen LogP contribution in [-0.2, 0) is 29.7 Å². The van der Waals surface area contributed by atoms with Gasteiger partial charge in [0, 0.05) is 33.0 Å². The summed E-state index contributed by atoms with van der Waals surface area (Å²) in [6, 6.07) is 18.1. The molecule has 0 spiro atoms. The molecule has 1 amide bonds. The van der Waals surface area contributed by atoms with Crippen molar-refractivity contribution in [3.8, 4) is 0 Å². The minimum Gasteiger partial charge on any atom is -0.481 e. The summed E-state index contributed by atoms with van der Waals surface area (Å²) in [5.41, 5.74) is 8.73.